The van der Waals surface area contributed by atoms with Gasteiger partial charge in [0.15, 0.2) is 5.78 Å². The van der Waals surface area contributed by atoms with E-state index in [1.807, 2.05) is 56.3 Å². The van der Waals surface area contributed by atoms with Crippen LogP contribution in [-0.4, -0.2) is 54.1 Å². The number of fused-ring (bicyclic) bond motifs is 1. The van der Waals surface area contributed by atoms with Crippen LogP contribution in [0.2, 0.25) is 0 Å². The molecular formula is C33H38N4O5. The Bertz CT molecular complexity index is 1460. The molecule has 0 unspecified atom stereocenters. The zero-order valence-corrected chi connectivity index (χ0v) is 24.3. The highest BCUT2D eigenvalue weighted by molar-refractivity contribution is 6.00. The van der Waals surface area contributed by atoms with Crippen LogP contribution >= 0.6 is 0 Å². The number of methoxy groups -OCH3 is 1. The number of hydrogen-bond donors (Lipinski definition) is 3. The van der Waals surface area contributed by atoms with Gasteiger partial charge >= 0.3 is 0 Å². The lowest BCUT2D eigenvalue weighted by Gasteiger charge is -2.36. The molecule has 4 N–H and O–H groups in total. The molecule has 1 aliphatic heterocycles. The van der Waals surface area contributed by atoms with Gasteiger partial charge in [-0.25, -0.2) is 0 Å². The number of anilines is 1. The minimum absolute atomic E-state index is 0.0288. The van der Waals surface area contributed by atoms with Crippen LogP contribution in [0.15, 0.2) is 66.7 Å². The van der Waals surface area contributed by atoms with Crippen molar-refractivity contribution in [1.29, 1.82) is 0 Å². The second kappa shape index (κ2) is 13.9. The molecule has 0 aliphatic carbocycles. The molecule has 0 radical (unpaired) electrons. The lowest BCUT2D eigenvalue weighted by Crippen LogP contribution is -2.56. The number of nitrogens with zero attached hydrogens (tertiary/aromatic N) is 1. The smallest absolute Gasteiger partial charge is 0.247 e. The lowest BCUT2D eigenvalue weighted by molar-refractivity contribution is -0.142. The number of benzene rings is 3. The van der Waals surface area contributed by atoms with Crippen LogP contribution in [0.5, 0.6) is 5.75 Å². The number of nitrogens with one attached hydrogen (secondary N) is 2. The van der Waals surface area contributed by atoms with Crippen LogP contribution in [0.3, 0.4) is 0 Å². The summed E-state index contributed by atoms with van der Waals surface area (Å²) >= 11 is 0. The van der Waals surface area contributed by atoms with Crippen LogP contribution in [0, 0.1) is 13.8 Å². The van der Waals surface area contributed by atoms with Crippen LogP contribution in [-0.2, 0) is 27.3 Å². The number of ketones is 1. The third kappa shape index (κ3) is 7.22. The third-order valence-corrected chi connectivity index (χ3v) is 7.70. The van der Waals surface area contributed by atoms with E-state index in [9.17, 15) is 19.2 Å². The molecule has 3 aromatic rings. The molecule has 220 valence electrons. The topological polar surface area (TPSA) is 131 Å². The molecule has 2 atom stereocenters. The Balaban J connectivity index is 1.51. The second-order valence-corrected chi connectivity index (χ2v) is 10.6. The number of carbonyl (C=O) groups is 4. The molecule has 3 amide bonds. The van der Waals surface area contributed by atoms with E-state index >= 15 is 0 Å². The average Bonchev–Trinajstić information content (AvgIpc) is 3.00. The van der Waals surface area contributed by atoms with Crippen LogP contribution in [0.1, 0.15) is 51.9 Å². The predicted molar refractivity (Wildman–Crippen MR) is 161 cm³/mol. The molecule has 4 rings (SSSR count). The van der Waals surface area contributed by atoms with Crippen LogP contribution in [0.25, 0.3) is 0 Å². The number of Topliss-reactive ketones (excluding diaryl/α,β-unsaturated/α-hetero) is 1. The van der Waals surface area contributed by atoms with E-state index in [4.69, 9.17) is 10.5 Å². The Hall–Kier alpha value is -4.50. The summed E-state index contributed by atoms with van der Waals surface area (Å²) in [4.78, 5) is 54.7. The predicted octanol–water partition coefficient (Wildman–Crippen LogP) is 3.70. The molecule has 0 aromatic heterocycles. The van der Waals surface area contributed by atoms with Crippen molar-refractivity contribution in [3.63, 3.8) is 0 Å². The summed E-state index contributed by atoms with van der Waals surface area (Å²) in [5.41, 5.74) is 10.8. The van der Waals surface area contributed by atoms with Gasteiger partial charge in [0.25, 0.3) is 0 Å². The van der Waals surface area contributed by atoms with Crippen LogP contribution in [0.4, 0.5) is 5.69 Å². The van der Waals surface area contributed by atoms with Gasteiger partial charge in [0.2, 0.25) is 17.7 Å². The Labute approximate surface area is 246 Å². The van der Waals surface area contributed by atoms with Crippen molar-refractivity contribution in [2.75, 3.05) is 19.0 Å². The maximum atomic E-state index is 13.7. The van der Waals surface area contributed by atoms with Gasteiger partial charge in [-0.05, 0) is 61.2 Å². The lowest BCUT2D eigenvalue weighted by atomic mass is 9.92. The SMILES string of the molecule is COc1cc(C)c(C)cc1NC(=O)[C@H](CCN)NC(=O)[C@@H]1Cc2ccccc2CN1C(=O)CCC(=O)c1ccccc1. The molecular weight excluding hydrogens is 532 g/mol. The van der Waals surface area contributed by atoms with E-state index in [1.165, 1.54) is 12.0 Å². The number of ether oxygens (including phenoxy) is 1. The number of carbonyl (C=O) groups excluding carboxylic acids is 4. The van der Waals surface area contributed by atoms with Crippen molar-refractivity contribution in [3.8, 4) is 5.75 Å². The molecule has 3 aromatic carbocycles. The summed E-state index contributed by atoms with van der Waals surface area (Å²) in [5, 5.41) is 5.71. The maximum absolute atomic E-state index is 13.7. The fourth-order valence-corrected chi connectivity index (χ4v) is 5.13. The first-order chi connectivity index (χ1) is 20.2. The third-order valence-electron chi connectivity index (χ3n) is 7.70. The van der Waals surface area contributed by atoms with Crippen molar-refractivity contribution in [2.24, 2.45) is 5.73 Å². The van der Waals surface area contributed by atoms with Crippen molar-refractivity contribution >= 4 is 29.2 Å². The molecule has 0 spiro atoms. The monoisotopic (exact) mass is 570 g/mol. The van der Waals surface area contributed by atoms with Gasteiger partial charge in [-0.2, -0.15) is 0 Å². The van der Waals surface area contributed by atoms with E-state index in [0.717, 1.165) is 22.3 Å². The van der Waals surface area contributed by atoms with E-state index in [-0.39, 0.29) is 44.0 Å². The minimum Gasteiger partial charge on any atom is -0.495 e. The molecule has 0 saturated carbocycles. The first kappa shape index (κ1) is 30.5. The van der Waals surface area contributed by atoms with E-state index in [1.54, 1.807) is 24.3 Å². The van der Waals surface area contributed by atoms with Gasteiger partial charge in [0.05, 0.1) is 12.8 Å². The first-order valence-electron chi connectivity index (χ1n) is 14.1. The number of rotatable bonds is 11. The van der Waals surface area contributed by atoms with Gasteiger partial charge in [0.1, 0.15) is 17.8 Å². The Morgan fingerprint density at radius 1 is 0.952 bits per heavy atom. The van der Waals surface area contributed by atoms with E-state index in [0.29, 0.717) is 23.4 Å². The number of aryl methyl sites for hydroxylation is 2. The summed E-state index contributed by atoms with van der Waals surface area (Å²) < 4.78 is 5.44. The maximum Gasteiger partial charge on any atom is 0.247 e. The molecule has 9 heteroatoms. The van der Waals surface area contributed by atoms with Gasteiger partial charge in [-0.1, -0.05) is 54.6 Å². The van der Waals surface area contributed by atoms with Crippen LogP contribution < -0.4 is 21.1 Å². The van der Waals surface area contributed by atoms with Gasteiger partial charge in [-0.15, -0.1) is 0 Å². The molecule has 1 heterocycles. The number of amides is 3. The molecule has 0 saturated heterocycles. The zero-order valence-electron chi connectivity index (χ0n) is 24.3. The fraction of sp³-hybridized carbons (Fsp3) is 0.333. The quantitative estimate of drug-likeness (QED) is 0.302. The fourth-order valence-electron chi connectivity index (χ4n) is 5.13. The Morgan fingerprint density at radius 3 is 2.31 bits per heavy atom. The second-order valence-electron chi connectivity index (χ2n) is 10.6. The molecule has 0 fully saturated rings. The largest absolute Gasteiger partial charge is 0.495 e. The highest BCUT2D eigenvalue weighted by atomic mass is 16.5. The molecule has 9 nitrogen and oxygen atoms in total. The molecule has 0 bridgehead atoms. The number of nitrogens with two attached hydrogens (primary N) is 1. The summed E-state index contributed by atoms with van der Waals surface area (Å²) in [6.07, 6.45) is 0.500. The minimum atomic E-state index is -0.928. The zero-order chi connectivity index (χ0) is 30.2. The van der Waals surface area contributed by atoms with Crippen molar-refractivity contribution in [1.82, 2.24) is 10.2 Å². The Morgan fingerprint density at radius 2 is 1.62 bits per heavy atom. The normalized spacial score (nSPS) is 14.9. The van der Waals surface area contributed by atoms with Gasteiger partial charge in [0, 0.05) is 31.4 Å². The van der Waals surface area contributed by atoms with Crippen molar-refractivity contribution in [3.05, 3.63) is 94.5 Å². The van der Waals surface area contributed by atoms with E-state index in [2.05, 4.69) is 10.6 Å². The summed E-state index contributed by atoms with van der Waals surface area (Å²) in [5.74, 6) is -0.807. The summed E-state index contributed by atoms with van der Waals surface area (Å²) in [6.45, 7) is 4.29. The standard InChI is InChI=1S/C33H38N4O5/c1-21-17-27(30(42-3)18-22(21)2)36-32(40)26(15-16-34)35-33(41)28-19-24-11-7-8-12-25(24)20-37(28)31(39)14-13-29(38)23-9-5-4-6-10-23/h4-12,17-18,26,28H,13-16,19-20,34H2,1-3H3,(H,35,41)(H,36,40)/t26-,28-/m0/s1. The van der Waals surface area contributed by atoms with Gasteiger partial charge in [-0.3, -0.25) is 19.2 Å². The Kier molecular flexibility index (Phi) is 10.1. The first-order valence-corrected chi connectivity index (χ1v) is 14.1. The molecule has 42 heavy (non-hydrogen) atoms. The van der Waals surface area contributed by atoms with Crippen molar-refractivity contribution in [2.45, 2.75) is 58.2 Å². The highest BCUT2D eigenvalue weighted by Gasteiger charge is 2.36. The molecule has 1 aliphatic rings. The summed E-state index contributed by atoms with van der Waals surface area (Å²) in [6, 6.07) is 18.4. The summed E-state index contributed by atoms with van der Waals surface area (Å²) in [7, 11) is 1.53. The number of hydrogen-bond acceptors (Lipinski definition) is 6. The average molecular weight is 571 g/mol. The van der Waals surface area contributed by atoms with E-state index < -0.39 is 23.9 Å². The highest BCUT2D eigenvalue weighted by Crippen LogP contribution is 2.29. The van der Waals surface area contributed by atoms with Crippen molar-refractivity contribution < 1.29 is 23.9 Å². The van der Waals surface area contributed by atoms with Gasteiger partial charge < -0.3 is 26.0 Å².